The molecule has 0 aliphatic carbocycles. The summed E-state index contributed by atoms with van der Waals surface area (Å²) in [5, 5.41) is 12.4. The van der Waals surface area contributed by atoms with Crippen LogP contribution in [0.2, 0.25) is 0 Å². The van der Waals surface area contributed by atoms with Gasteiger partial charge in [0.05, 0.1) is 28.6 Å². The van der Waals surface area contributed by atoms with Gasteiger partial charge in [-0.3, -0.25) is 9.20 Å². The summed E-state index contributed by atoms with van der Waals surface area (Å²) < 4.78 is 8.83. The molecule has 1 atom stereocenters. The molecule has 0 bridgehead atoms. The van der Waals surface area contributed by atoms with Gasteiger partial charge in [-0.2, -0.15) is 0 Å². The van der Waals surface area contributed by atoms with Crippen LogP contribution in [0.25, 0.3) is 15.2 Å². The first-order chi connectivity index (χ1) is 13.3. The molecule has 136 valence electrons. The smallest absolute Gasteiger partial charge is 0.230 e. The van der Waals surface area contributed by atoms with Crippen LogP contribution in [0, 0.1) is 0 Å². The molecule has 3 heterocycles. The predicted octanol–water partition coefficient (Wildman–Crippen LogP) is 3.68. The maximum atomic E-state index is 12.5. The molecule has 1 aliphatic heterocycles. The number of hydrogen-bond acceptors (Lipinski definition) is 6. The largest absolute Gasteiger partial charge is 0.493 e. The molecule has 0 saturated heterocycles. The number of benzene rings is 2. The van der Waals surface area contributed by atoms with Gasteiger partial charge in [0.25, 0.3) is 0 Å². The molecule has 27 heavy (non-hydrogen) atoms. The Hall–Kier alpha value is -2.58. The van der Waals surface area contributed by atoms with Crippen molar-refractivity contribution in [1.29, 1.82) is 0 Å². The summed E-state index contributed by atoms with van der Waals surface area (Å²) in [5.41, 5.74) is 2.11. The maximum Gasteiger partial charge on any atom is 0.230 e. The quantitative estimate of drug-likeness (QED) is 0.533. The maximum absolute atomic E-state index is 12.5. The zero-order valence-corrected chi connectivity index (χ0v) is 15.9. The lowest BCUT2D eigenvalue weighted by Crippen LogP contribution is -2.33. The van der Waals surface area contributed by atoms with E-state index in [1.165, 1.54) is 11.8 Å². The molecule has 0 spiro atoms. The van der Waals surface area contributed by atoms with Crippen molar-refractivity contribution in [2.24, 2.45) is 0 Å². The average Bonchev–Trinajstić information content (AvgIpc) is 3.26. The zero-order valence-electron chi connectivity index (χ0n) is 14.3. The van der Waals surface area contributed by atoms with Crippen molar-refractivity contribution in [3.05, 3.63) is 54.1 Å². The Kier molecular flexibility index (Phi) is 4.21. The standard InChI is InChI=1S/C19H16N4O2S2/c24-17(20-13-9-10-25-15-7-3-1-5-12(13)15)11-26-18-21-22-19-23(18)14-6-2-4-8-16(14)27-19/h1-8,13H,9-11H2,(H,20,24). The topological polar surface area (TPSA) is 68.5 Å². The van der Waals surface area contributed by atoms with Gasteiger partial charge in [0.15, 0.2) is 5.16 Å². The number of nitrogens with one attached hydrogen (secondary N) is 1. The van der Waals surface area contributed by atoms with Gasteiger partial charge in [-0.1, -0.05) is 53.4 Å². The Balaban J connectivity index is 1.31. The van der Waals surface area contributed by atoms with Gasteiger partial charge in [-0.25, -0.2) is 0 Å². The number of fused-ring (bicyclic) bond motifs is 4. The lowest BCUT2D eigenvalue weighted by molar-refractivity contribution is -0.119. The van der Waals surface area contributed by atoms with E-state index in [0.29, 0.717) is 12.4 Å². The monoisotopic (exact) mass is 396 g/mol. The molecule has 8 heteroatoms. The van der Waals surface area contributed by atoms with Crippen molar-refractivity contribution in [2.75, 3.05) is 12.4 Å². The fraction of sp³-hybridized carbons (Fsp3) is 0.211. The second kappa shape index (κ2) is 6.86. The molecule has 2 aromatic carbocycles. The first-order valence-corrected chi connectivity index (χ1v) is 10.5. The highest BCUT2D eigenvalue weighted by Gasteiger charge is 2.23. The number of carbonyl (C=O) groups excluding carboxylic acids is 1. The Morgan fingerprint density at radius 3 is 3.04 bits per heavy atom. The number of carbonyl (C=O) groups is 1. The number of para-hydroxylation sites is 2. The molecule has 4 aromatic rings. The van der Waals surface area contributed by atoms with E-state index in [-0.39, 0.29) is 11.9 Å². The number of nitrogens with zero attached hydrogens (tertiary/aromatic N) is 3. The summed E-state index contributed by atoms with van der Waals surface area (Å²) in [5.74, 6) is 1.13. The van der Waals surface area contributed by atoms with E-state index in [2.05, 4.69) is 21.6 Å². The first kappa shape index (κ1) is 16.6. The number of hydrogen-bond donors (Lipinski definition) is 1. The summed E-state index contributed by atoms with van der Waals surface area (Å²) in [6, 6.07) is 16.0. The van der Waals surface area contributed by atoms with E-state index in [4.69, 9.17) is 4.74 Å². The van der Waals surface area contributed by atoms with Crippen molar-refractivity contribution in [2.45, 2.75) is 17.6 Å². The predicted molar refractivity (Wildman–Crippen MR) is 107 cm³/mol. The van der Waals surface area contributed by atoms with E-state index in [1.807, 2.05) is 46.9 Å². The van der Waals surface area contributed by atoms with Gasteiger partial charge in [0.2, 0.25) is 10.9 Å². The number of thiazole rings is 1. The average molecular weight is 396 g/mol. The third kappa shape index (κ3) is 3.04. The first-order valence-electron chi connectivity index (χ1n) is 8.66. The zero-order chi connectivity index (χ0) is 18.2. The Morgan fingerprint density at radius 1 is 1.22 bits per heavy atom. The number of ether oxygens (including phenoxy) is 1. The molecule has 6 nitrogen and oxygen atoms in total. The molecule has 0 fully saturated rings. The van der Waals surface area contributed by atoms with E-state index >= 15 is 0 Å². The van der Waals surface area contributed by atoms with Crippen LogP contribution in [0.15, 0.2) is 53.7 Å². The summed E-state index contributed by atoms with van der Waals surface area (Å²) in [6.45, 7) is 0.612. The van der Waals surface area contributed by atoms with Gasteiger partial charge in [-0.15, -0.1) is 10.2 Å². The lowest BCUT2D eigenvalue weighted by Gasteiger charge is -2.26. The van der Waals surface area contributed by atoms with E-state index < -0.39 is 0 Å². The summed E-state index contributed by atoms with van der Waals surface area (Å²) in [7, 11) is 0. The molecule has 5 rings (SSSR count). The van der Waals surface area contributed by atoms with Crippen molar-refractivity contribution in [1.82, 2.24) is 19.9 Å². The highest BCUT2D eigenvalue weighted by Crippen LogP contribution is 2.32. The molecular formula is C19H16N4O2S2. The minimum Gasteiger partial charge on any atom is -0.493 e. The lowest BCUT2D eigenvalue weighted by atomic mass is 10.0. The van der Waals surface area contributed by atoms with Gasteiger partial charge in [-0.05, 0) is 18.2 Å². The van der Waals surface area contributed by atoms with Crippen LogP contribution in [-0.2, 0) is 4.79 Å². The van der Waals surface area contributed by atoms with Crippen LogP contribution < -0.4 is 10.1 Å². The van der Waals surface area contributed by atoms with E-state index in [0.717, 1.165) is 38.1 Å². The third-order valence-electron chi connectivity index (χ3n) is 4.54. The molecule has 0 radical (unpaired) electrons. The SMILES string of the molecule is O=C(CSc1nnc2sc3ccccc3n12)NC1CCOc2ccccc21. The fourth-order valence-corrected chi connectivity index (χ4v) is 5.09. The van der Waals surface area contributed by atoms with Crippen molar-refractivity contribution in [3.8, 4) is 5.75 Å². The highest BCUT2D eigenvalue weighted by atomic mass is 32.2. The third-order valence-corrected chi connectivity index (χ3v) is 6.48. The molecule has 1 unspecified atom stereocenters. The van der Waals surface area contributed by atoms with Crippen LogP contribution in [-0.4, -0.2) is 32.9 Å². The van der Waals surface area contributed by atoms with Crippen molar-refractivity contribution < 1.29 is 9.53 Å². The van der Waals surface area contributed by atoms with E-state index in [9.17, 15) is 4.79 Å². The Bertz CT molecular complexity index is 1140. The van der Waals surface area contributed by atoms with Crippen LogP contribution in [0.5, 0.6) is 5.75 Å². The molecule has 2 aromatic heterocycles. The highest BCUT2D eigenvalue weighted by molar-refractivity contribution is 7.99. The molecule has 0 saturated carbocycles. The molecule has 1 amide bonds. The van der Waals surface area contributed by atoms with Crippen LogP contribution >= 0.6 is 23.1 Å². The van der Waals surface area contributed by atoms with Gasteiger partial charge in [0, 0.05) is 12.0 Å². The minimum absolute atomic E-state index is 0.0107. The van der Waals surface area contributed by atoms with Gasteiger partial charge in [0.1, 0.15) is 5.75 Å². The molecule has 1 aliphatic rings. The summed E-state index contributed by atoms with van der Waals surface area (Å²) in [6.07, 6.45) is 0.776. The normalized spacial score (nSPS) is 16.2. The molecular weight excluding hydrogens is 380 g/mol. The number of rotatable bonds is 4. The van der Waals surface area contributed by atoms with Crippen LogP contribution in [0.3, 0.4) is 0 Å². The number of amides is 1. The van der Waals surface area contributed by atoms with Gasteiger partial charge >= 0.3 is 0 Å². The fourth-order valence-electron chi connectivity index (χ4n) is 3.31. The Morgan fingerprint density at radius 2 is 2.07 bits per heavy atom. The number of aromatic nitrogens is 3. The summed E-state index contributed by atoms with van der Waals surface area (Å²) in [4.78, 5) is 13.4. The Labute approximate surface area is 163 Å². The van der Waals surface area contributed by atoms with Gasteiger partial charge < -0.3 is 10.1 Å². The second-order valence-corrected chi connectivity index (χ2v) is 8.21. The number of thioether (sulfide) groups is 1. The molecule has 1 N–H and O–H groups in total. The van der Waals surface area contributed by atoms with Crippen molar-refractivity contribution in [3.63, 3.8) is 0 Å². The minimum atomic E-state index is -0.0158. The van der Waals surface area contributed by atoms with Crippen LogP contribution in [0.1, 0.15) is 18.0 Å². The van der Waals surface area contributed by atoms with E-state index in [1.54, 1.807) is 11.3 Å². The summed E-state index contributed by atoms with van der Waals surface area (Å²) >= 11 is 3.01. The van der Waals surface area contributed by atoms with Crippen LogP contribution in [0.4, 0.5) is 0 Å². The second-order valence-electron chi connectivity index (χ2n) is 6.25. The van der Waals surface area contributed by atoms with Crippen molar-refractivity contribution >= 4 is 44.2 Å².